The van der Waals surface area contributed by atoms with E-state index in [1.165, 1.54) is 25.0 Å². The highest BCUT2D eigenvalue weighted by molar-refractivity contribution is 5.88. The lowest BCUT2D eigenvalue weighted by Crippen LogP contribution is -2.15. The zero-order chi connectivity index (χ0) is 22.1. The number of nitroso groups, excluding NO2 is 1. The molecule has 2 aromatic carbocycles. The Morgan fingerprint density at radius 2 is 1.88 bits per heavy atom. The van der Waals surface area contributed by atoms with Crippen LogP contribution < -0.4 is 19.5 Å². The molecule has 2 heterocycles. The number of hydrogen-bond donors (Lipinski definition) is 1. The predicted octanol–water partition coefficient (Wildman–Crippen LogP) is 5.20. The van der Waals surface area contributed by atoms with Gasteiger partial charge in [0.15, 0.2) is 23.1 Å². The molecule has 3 aromatic rings. The fraction of sp³-hybridized carbons (Fsp3) is 0.375. The minimum absolute atomic E-state index is 0.0000472. The van der Waals surface area contributed by atoms with Crippen LogP contribution in [0.2, 0.25) is 0 Å². The Morgan fingerprint density at radius 1 is 1.06 bits per heavy atom. The second-order valence-electron chi connectivity index (χ2n) is 8.46. The molecule has 7 nitrogen and oxygen atoms in total. The molecule has 0 bridgehead atoms. The summed E-state index contributed by atoms with van der Waals surface area (Å²) in [5, 5.41) is 6.86. The second-order valence-corrected chi connectivity index (χ2v) is 8.46. The first-order valence-electron chi connectivity index (χ1n) is 10.8. The average molecular weight is 437 g/mol. The lowest BCUT2D eigenvalue weighted by Gasteiger charge is -2.17. The lowest BCUT2D eigenvalue weighted by atomic mass is 10.0. The maximum Gasteiger partial charge on any atom is 0.167 e. The maximum atomic E-state index is 14.3. The van der Waals surface area contributed by atoms with Gasteiger partial charge in [0.1, 0.15) is 11.4 Å². The quantitative estimate of drug-likeness (QED) is 0.512. The van der Waals surface area contributed by atoms with Crippen molar-refractivity contribution in [3.05, 3.63) is 53.3 Å². The summed E-state index contributed by atoms with van der Waals surface area (Å²) >= 11 is 0. The summed E-state index contributed by atoms with van der Waals surface area (Å²) in [6.45, 7) is 2.87. The molecule has 2 aliphatic rings. The van der Waals surface area contributed by atoms with Crippen molar-refractivity contribution in [2.75, 3.05) is 26.8 Å². The molecule has 2 unspecified atom stereocenters. The number of methoxy groups -OCH3 is 1. The number of fused-ring (bicyclic) bond motifs is 2. The SMILES string of the molecule is COc1cc2c(Oc3ccc(N=O)cc3F)ccnc2cc1OCC1CC2CNCC2C1. The highest BCUT2D eigenvalue weighted by Crippen LogP contribution is 2.41. The molecule has 0 radical (unpaired) electrons. The van der Waals surface area contributed by atoms with Gasteiger partial charge in [0.25, 0.3) is 0 Å². The summed E-state index contributed by atoms with van der Waals surface area (Å²) < 4.78 is 31.8. The number of hydrogen-bond acceptors (Lipinski definition) is 7. The van der Waals surface area contributed by atoms with Gasteiger partial charge in [-0.3, -0.25) is 4.98 Å². The fourth-order valence-corrected chi connectivity index (χ4v) is 4.87. The molecule has 2 atom stereocenters. The number of aromatic nitrogens is 1. The van der Waals surface area contributed by atoms with Gasteiger partial charge in [-0.25, -0.2) is 4.39 Å². The van der Waals surface area contributed by atoms with Crippen LogP contribution >= 0.6 is 0 Å². The van der Waals surface area contributed by atoms with E-state index in [0.29, 0.717) is 40.7 Å². The topological polar surface area (TPSA) is 82.0 Å². The van der Waals surface area contributed by atoms with Crippen molar-refractivity contribution in [1.82, 2.24) is 10.3 Å². The van der Waals surface area contributed by atoms with Gasteiger partial charge >= 0.3 is 0 Å². The third-order valence-electron chi connectivity index (χ3n) is 6.45. The highest BCUT2D eigenvalue weighted by Gasteiger charge is 2.37. The van der Waals surface area contributed by atoms with Gasteiger partial charge in [0, 0.05) is 23.7 Å². The predicted molar refractivity (Wildman–Crippen MR) is 118 cm³/mol. The standard InChI is InChI=1S/C24H24FN3O4/c1-30-23-9-18-20(10-24(23)31-13-14-6-15-11-26-12-16(15)7-14)27-5-4-21(18)32-22-3-2-17(28-29)8-19(22)25/h2-5,8-10,14-16,26H,6-7,11-13H2,1H3. The molecule has 1 saturated heterocycles. The lowest BCUT2D eigenvalue weighted by molar-refractivity contribution is 0.234. The molecular weight excluding hydrogens is 413 g/mol. The molecule has 32 heavy (non-hydrogen) atoms. The molecule has 1 aliphatic carbocycles. The number of pyridine rings is 1. The smallest absolute Gasteiger partial charge is 0.167 e. The normalized spacial score (nSPS) is 22.0. The summed E-state index contributed by atoms with van der Waals surface area (Å²) in [5.74, 6) is 3.01. The van der Waals surface area contributed by atoms with Crippen molar-refractivity contribution in [2.24, 2.45) is 22.9 Å². The van der Waals surface area contributed by atoms with Gasteiger partial charge in [-0.15, -0.1) is 4.91 Å². The Kier molecular flexibility index (Phi) is 5.61. The van der Waals surface area contributed by atoms with Gasteiger partial charge < -0.3 is 19.5 Å². The number of benzene rings is 2. The Morgan fingerprint density at radius 3 is 2.59 bits per heavy atom. The van der Waals surface area contributed by atoms with E-state index in [4.69, 9.17) is 14.2 Å². The largest absolute Gasteiger partial charge is 0.493 e. The fourth-order valence-electron chi connectivity index (χ4n) is 4.87. The Bertz CT molecular complexity index is 1140. The molecular formula is C24H24FN3O4. The van der Waals surface area contributed by atoms with E-state index in [1.54, 1.807) is 25.4 Å². The summed E-state index contributed by atoms with van der Waals surface area (Å²) in [4.78, 5) is 15.0. The minimum Gasteiger partial charge on any atom is -0.493 e. The minimum atomic E-state index is -0.671. The summed E-state index contributed by atoms with van der Waals surface area (Å²) in [6.07, 6.45) is 3.97. The van der Waals surface area contributed by atoms with Gasteiger partial charge in [0.05, 0.1) is 19.2 Å². The van der Waals surface area contributed by atoms with E-state index < -0.39 is 5.82 Å². The number of ether oxygens (including phenoxy) is 3. The van der Waals surface area contributed by atoms with Crippen molar-refractivity contribution in [3.8, 4) is 23.0 Å². The molecule has 8 heteroatoms. The number of halogens is 1. The molecule has 1 aromatic heterocycles. The van der Waals surface area contributed by atoms with E-state index in [2.05, 4.69) is 15.5 Å². The number of nitrogens with zero attached hydrogens (tertiary/aromatic N) is 2. The van der Waals surface area contributed by atoms with Crippen molar-refractivity contribution in [3.63, 3.8) is 0 Å². The van der Waals surface area contributed by atoms with Gasteiger partial charge in [-0.05, 0) is 73.1 Å². The van der Waals surface area contributed by atoms with Crippen molar-refractivity contribution in [1.29, 1.82) is 0 Å². The second kappa shape index (κ2) is 8.70. The van der Waals surface area contributed by atoms with Gasteiger partial charge in [0.2, 0.25) is 0 Å². The van der Waals surface area contributed by atoms with Crippen LogP contribution in [0.5, 0.6) is 23.0 Å². The number of nitrogens with one attached hydrogen (secondary N) is 1. The van der Waals surface area contributed by atoms with Crippen LogP contribution in [0.3, 0.4) is 0 Å². The molecule has 1 aliphatic heterocycles. The molecule has 1 saturated carbocycles. The zero-order valence-electron chi connectivity index (χ0n) is 17.7. The van der Waals surface area contributed by atoms with Crippen LogP contribution in [-0.2, 0) is 0 Å². The Balaban J connectivity index is 1.38. The average Bonchev–Trinajstić information content (AvgIpc) is 3.40. The summed E-state index contributed by atoms with van der Waals surface area (Å²) in [7, 11) is 1.58. The molecule has 0 amide bonds. The van der Waals surface area contributed by atoms with Gasteiger partial charge in [-0.2, -0.15) is 0 Å². The monoisotopic (exact) mass is 437 g/mol. The molecule has 166 valence electrons. The summed E-state index contributed by atoms with van der Waals surface area (Å²) in [5.41, 5.74) is 0.650. The third-order valence-corrected chi connectivity index (χ3v) is 6.45. The van der Waals surface area contributed by atoms with E-state index in [1.807, 2.05) is 6.07 Å². The molecule has 5 rings (SSSR count). The first-order valence-corrected chi connectivity index (χ1v) is 10.8. The van der Waals surface area contributed by atoms with Crippen LogP contribution in [0.1, 0.15) is 12.8 Å². The van der Waals surface area contributed by atoms with Gasteiger partial charge in [-0.1, -0.05) is 0 Å². The number of rotatable bonds is 7. The van der Waals surface area contributed by atoms with E-state index in [0.717, 1.165) is 31.0 Å². The van der Waals surface area contributed by atoms with Crippen molar-refractivity contribution in [2.45, 2.75) is 12.8 Å². The van der Waals surface area contributed by atoms with Crippen LogP contribution in [0.4, 0.5) is 10.1 Å². The van der Waals surface area contributed by atoms with Crippen LogP contribution in [0.25, 0.3) is 10.9 Å². The molecule has 1 N–H and O–H groups in total. The van der Waals surface area contributed by atoms with Crippen molar-refractivity contribution >= 4 is 16.6 Å². The van der Waals surface area contributed by atoms with Crippen LogP contribution in [-0.4, -0.2) is 31.8 Å². The zero-order valence-corrected chi connectivity index (χ0v) is 17.7. The van der Waals surface area contributed by atoms with E-state index >= 15 is 0 Å². The van der Waals surface area contributed by atoms with E-state index in [-0.39, 0.29) is 11.4 Å². The third kappa shape index (κ3) is 3.98. The first kappa shape index (κ1) is 20.6. The van der Waals surface area contributed by atoms with Crippen LogP contribution in [0.15, 0.2) is 47.8 Å². The van der Waals surface area contributed by atoms with E-state index in [9.17, 15) is 9.30 Å². The highest BCUT2D eigenvalue weighted by atomic mass is 19.1. The maximum absolute atomic E-state index is 14.3. The first-order chi connectivity index (χ1) is 15.6. The summed E-state index contributed by atoms with van der Waals surface area (Å²) in [6, 6.07) is 9.08. The molecule has 2 fully saturated rings. The van der Waals surface area contributed by atoms with Crippen molar-refractivity contribution < 1.29 is 18.6 Å². The molecule has 0 spiro atoms. The Hall–Kier alpha value is -3.26. The Labute approximate surface area is 184 Å². The van der Waals surface area contributed by atoms with Crippen LogP contribution in [0, 0.1) is 28.5 Å².